The van der Waals surface area contributed by atoms with Crippen molar-refractivity contribution < 1.29 is 14.3 Å². The minimum Gasteiger partial charge on any atom is -0.444 e. The predicted molar refractivity (Wildman–Crippen MR) is 96.1 cm³/mol. The van der Waals surface area contributed by atoms with E-state index in [1.807, 2.05) is 51.1 Å². The van der Waals surface area contributed by atoms with Gasteiger partial charge in [-0.2, -0.15) is 0 Å². The van der Waals surface area contributed by atoms with Crippen LogP contribution in [-0.4, -0.2) is 30.3 Å². The third-order valence-electron chi connectivity index (χ3n) is 3.02. The van der Waals surface area contributed by atoms with E-state index in [9.17, 15) is 9.59 Å². The third kappa shape index (κ3) is 9.02. The summed E-state index contributed by atoms with van der Waals surface area (Å²) in [5, 5.41) is 8.35. The summed E-state index contributed by atoms with van der Waals surface area (Å²) in [7, 11) is 0. The SMILES string of the molecule is CC(C)C[C@@H](CNC(=O)Nc1ccccc1)NC(=O)OC(C)(C)C. The van der Waals surface area contributed by atoms with E-state index in [2.05, 4.69) is 29.8 Å². The molecule has 1 aromatic carbocycles. The Kier molecular flexibility index (Phi) is 7.55. The normalized spacial score (nSPS) is 12.4. The Morgan fingerprint density at radius 2 is 1.75 bits per heavy atom. The first-order valence-electron chi connectivity index (χ1n) is 8.25. The molecule has 0 unspecified atom stereocenters. The number of hydrogen-bond donors (Lipinski definition) is 3. The van der Waals surface area contributed by atoms with Crippen molar-refractivity contribution in [2.45, 2.75) is 52.7 Å². The van der Waals surface area contributed by atoms with Crippen molar-refractivity contribution in [1.29, 1.82) is 0 Å². The Labute approximate surface area is 144 Å². The lowest BCUT2D eigenvalue weighted by molar-refractivity contribution is 0.0498. The van der Waals surface area contributed by atoms with E-state index in [0.717, 1.165) is 12.1 Å². The summed E-state index contributed by atoms with van der Waals surface area (Å²) in [6.45, 7) is 9.90. The van der Waals surface area contributed by atoms with E-state index in [1.165, 1.54) is 0 Å². The van der Waals surface area contributed by atoms with Crippen LogP contribution in [0.4, 0.5) is 15.3 Å². The predicted octanol–water partition coefficient (Wildman–Crippen LogP) is 3.75. The standard InChI is InChI=1S/C18H29N3O3/c1-13(2)11-15(21-17(23)24-18(3,4)5)12-19-16(22)20-14-9-7-6-8-10-14/h6-10,13,15H,11-12H2,1-5H3,(H,21,23)(H2,19,20,22)/t15-/m0/s1. The molecule has 0 heterocycles. The summed E-state index contributed by atoms with van der Waals surface area (Å²) in [6, 6.07) is 8.70. The van der Waals surface area contributed by atoms with Gasteiger partial charge in [-0.1, -0.05) is 32.0 Å². The second kappa shape index (κ2) is 9.15. The molecule has 1 atom stereocenters. The molecule has 134 valence electrons. The molecule has 0 aliphatic carbocycles. The topological polar surface area (TPSA) is 79.5 Å². The van der Waals surface area contributed by atoms with Crippen molar-refractivity contribution in [2.75, 3.05) is 11.9 Å². The molecule has 0 saturated heterocycles. The highest BCUT2D eigenvalue weighted by molar-refractivity contribution is 5.89. The fourth-order valence-electron chi connectivity index (χ4n) is 2.15. The highest BCUT2D eigenvalue weighted by atomic mass is 16.6. The van der Waals surface area contributed by atoms with Crippen molar-refractivity contribution in [3.63, 3.8) is 0 Å². The van der Waals surface area contributed by atoms with Crippen molar-refractivity contribution >= 4 is 17.8 Å². The van der Waals surface area contributed by atoms with E-state index in [0.29, 0.717) is 12.5 Å². The monoisotopic (exact) mass is 335 g/mol. The molecule has 0 radical (unpaired) electrons. The number of carbonyl (C=O) groups excluding carboxylic acids is 2. The lowest BCUT2D eigenvalue weighted by atomic mass is 10.0. The smallest absolute Gasteiger partial charge is 0.407 e. The van der Waals surface area contributed by atoms with Gasteiger partial charge in [0.25, 0.3) is 0 Å². The summed E-state index contributed by atoms with van der Waals surface area (Å²) < 4.78 is 5.27. The Hall–Kier alpha value is -2.24. The maximum atomic E-state index is 12.0. The molecule has 0 saturated carbocycles. The van der Waals surface area contributed by atoms with E-state index in [4.69, 9.17) is 4.74 Å². The number of hydrogen-bond acceptors (Lipinski definition) is 3. The van der Waals surface area contributed by atoms with Crippen LogP contribution in [0.15, 0.2) is 30.3 Å². The zero-order chi connectivity index (χ0) is 18.2. The van der Waals surface area contributed by atoms with E-state index < -0.39 is 11.7 Å². The molecule has 0 spiro atoms. The van der Waals surface area contributed by atoms with E-state index in [1.54, 1.807) is 0 Å². The minimum atomic E-state index is -0.551. The Morgan fingerprint density at radius 3 is 2.29 bits per heavy atom. The molecule has 0 aromatic heterocycles. The van der Waals surface area contributed by atoms with Gasteiger partial charge < -0.3 is 20.7 Å². The fraction of sp³-hybridized carbons (Fsp3) is 0.556. The molecule has 24 heavy (non-hydrogen) atoms. The first-order valence-corrected chi connectivity index (χ1v) is 8.25. The maximum absolute atomic E-state index is 12.0. The van der Waals surface area contributed by atoms with Gasteiger partial charge in [0.2, 0.25) is 0 Å². The first-order chi connectivity index (χ1) is 11.2. The number of alkyl carbamates (subject to hydrolysis) is 1. The number of ether oxygens (including phenoxy) is 1. The van der Waals surface area contributed by atoms with Crippen LogP contribution in [0.2, 0.25) is 0 Å². The quantitative estimate of drug-likeness (QED) is 0.741. The molecule has 6 heteroatoms. The molecule has 6 nitrogen and oxygen atoms in total. The Bertz CT molecular complexity index is 524. The number of urea groups is 1. The van der Waals surface area contributed by atoms with Crippen molar-refractivity contribution in [3.05, 3.63) is 30.3 Å². The Morgan fingerprint density at radius 1 is 1.12 bits per heavy atom. The van der Waals surface area contributed by atoms with Crippen molar-refractivity contribution in [3.8, 4) is 0 Å². The third-order valence-corrected chi connectivity index (χ3v) is 3.02. The van der Waals surface area contributed by atoms with Crippen LogP contribution in [-0.2, 0) is 4.74 Å². The number of nitrogens with one attached hydrogen (secondary N) is 3. The van der Waals surface area contributed by atoms with Gasteiger partial charge >= 0.3 is 12.1 Å². The largest absolute Gasteiger partial charge is 0.444 e. The van der Waals surface area contributed by atoms with E-state index in [-0.39, 0.29) is 12.1 Å². The minimum absolute atomic E-state index is 0.193. The van der Waals surface area contributed by atoms with Crippen LogP contribution >= 0.6 is 0 Å². The number of anilines is 1. The average Bonchev–Trinajstić information content (AvgIpc) is 2.43. The van der Waals surface area contributed by atoms with Crippen LogP contribution in [0.25, 0.3) is 0 Å². The van der Waals surface area contributed by atoms with Gasteiger partial charge in [0.05, 0.1) is 0 Å². The number of amides is 3. The number of carbonyl (C=O) groups is 2. The fourth-order valence-corrected chi connectivity index (χ4v) is 2.15. The molecule has 0 aliphatic rings. The summed E-state index contributed by atoms with van der Waals surface area (Å²) >= 11 is 0. The molecular weight excluding hydrogens is 306 g/mol. The van der Waals surface area contributed by atoms with Gasteiger partial charge in [0, 0.05) is 18.3 Å². The second-order valence-electron chi connectivity index (χ2n) is 7.17. The van der Waals surface area contributed by atoms with Gasteiger partial charge in [-0.15, -0.1) is 0 Å². The maximum Gasteiger partial charge on any atom is 0.407 e. The molecule has 3 N–H and O–H groups in total. The molecule has 0 fully saturated rings. The highest BCUT2D eigenvalue weighted by Crippen LogP contribution is 2.09. The molecule has 1 aromatic rings. The molecule has 3 amide bonds. The molecule has 1 rings (SSSR count). The van der Waals surface area contributed by atoms with Crippen LogP contribution in [0.5, 0.6) is 0 Å². The molecule has 0 bridgehead atoms. The van der Waals surface area contributed by atoms with Gasteiger partial charge in [0.1, 0.15) is 5.60 Å². The van der Waals surface area contributed by atoms with Crippen LogP contribution in [0, 0.1) is 5.92 Å². The van der Waals surface area contributed by atoms with Gasteiger partial charge in [0.15, 0.2) is 0 Å². The number of para-hydroxylation sites is 1. The summed E-state index contributed by atoms with van der Waals surface area (Å²) in [5.74, 6) is 0.379. The van der Waals surface area contributed by atoms with Crippen LogP contribution in [0.3, 0.4) is 0 Å². The Balaban J connectivity index is 2.50. The summed E-state index contributed by atoms with van der Waals surface area (Å²) in [5.41, 5.74) is 0.167. The average molecular weight is 335 g/mol. The summed E-state index contributed by atoms with van der Waals surface area (Å²) in [4.78, 5) is 23.9. The van der Waals surface area contributed by atoms with Crippen LogP contribution < -0.4 is 16.0 Å². The molecular formula is C18H29N3O3. The number of rotatable bonds is 6. The van der Waals surface area contributed by atoms with Gasteiger partial charge in [-0.3, -0.25) is 0 Å². The van der Waals surface area contributed by atoms with Gasteiger partial charge in [-0.05, 0) is 45.2 Å². The second-order valence-corrected chi connectivity index (χ2v) is 7.17. The highest BCUT2D eigenvalue weighted by Gasteiger charge is 2.20. The van der Waals surface area contributed by atoms with Crippen molar-refractivity contribution in [2.24, 2.45) is 5.92 Å². The number of benzene rings is 1. The first kappa shape index (κ1) is 19.8. The lowest BCUT2D eigenvalue weighted by Gasteiger charge is -2.25. The van der Waals surface area contributed by atoms with E-state index >= 15 is 0 Å². The van der Waals surface area contributed by atoms with Crippen LogP contribution in [0.1, 0.15) is 41.0 Å². The lowest BCUT2D eigenvalue weighted by Crippen LogP contribution is -2.46. The zero-order valence-electron chi connectivity index (χ0n) is 15.2. The van der Waals surface area contributed by atoms with Gasteiger partial charge in [-0.25, -0.2) is 9.59 Å². The van der Waals surface area contributed by atoms with Crippen molar-refractivity contribution in [1.82, 2.24) is 10.6 Å². The summed E-state index contributed by atoms with van der Waals surface area (Å²) in [6.07, 6.45) is 0.267. The zero-order valence-corrected chi connectivity index (χ0v) is 15.2. The molecule has 0 aliphatic heterocycles.